The SMILES string of the molecule is Cc1coc(C)c1C(=O)Nc1cc(C(F)(F)F)cc(C(F)(F)F)c1. The molecule has 0 aliphatic carbocycles. The van der Waals surface area contributed by atoms with E-state index in [0.717, 1.165) is 0 Å². The van der Waals surface area contributed by atoms with E-state index in [0.29, 0.717) is 17.7 Å². The van der Waals surface area contributed by atoms with Crippen molar-refractivity contribution in [3.8, 4) is 0 Å². The summed E-state index contributed by atoms with van der Waals surface area (Å²) in [5, 5.41) is 2.05. The topological polar surface area (TPSA) is 42.2 Å². The van der Waals surface area contributed by atoms with Gasteiger partial charge in [-0.2, -0.15) is 26.3 Å². The zero-order chi connectivity index (χ0) is 18.3. The summed E-state index contributed by atoms with van der Waals surface area (Å²) in [6, 6.07) is 0.875. The van der Waals surface area contributed by atoms with Crippen LogP contribution in [-0.2, 0) is 12.4 Å². The molecule has 3 nitrogen and oxygen atoms in total. The highest BCUT2D eigenvalue weighted by molar-refractivity contribution is 6.06. The maximum absolute atomic E-state index is 12.8. The van der Waals surface area contributed by atoms with Crippen molar-refractivity contribution in [3.05, 3.63) is 52.5 Å². The Labute approximate surface area is 132 Å². The Kier molecular flexibility index (Phi) is 4.38. The minimum Gasteiger partial charge on any atom is -0.469 e. The highest BCUT2D eigenvalue weighted by Gasteiger charge is 2.37. The number of amides is 1. The lowest BCUT2D eigenvalue weighted by Crippen LogP contribution is -2.16. The summed E-state index contributed by atoms with van der Waals surface area (Å²) in [6.07, 6.45) is -8.71. The van der Waals surface area contributed by atoms with Crippen LogP contribution in [0.25, 0.3) is 0 Å². The maximum atomic E-state index is 12.8. The minimum absolute atomic E-state index is 0.00991. The summed E-state index contributed by atoms with van der Waals surface area (Å²) in [5.41, 5.74) is -3.15. The third-order valence-corrected chi connectivity index (χ3v) is 3.23. The molecule has 9 heteroatoms. The molecule has 0 radical (unpaired) electrons. The lowest BCUT2D eigenvalue weighted by molar-refractivity contribution is -0.143. The first-order chi connectivity index (χ1) is 10.9. The second kappa shape index (κ2) is 5.88. The zero-order valence-corrected chi connectivity index (χ0v) is 12.4. The largest absolute Gasteiger partial charge is 0.469 e. The van der Waals surface area contributed by atoms with Gasteiger partial charge in [-0.15, -0.1) is 0 Å². The molecule has 0 bridgehead atoms. The number of benzene rings is 1. The quantitative estimate of drug-likeness (QED) is 0.757. The Morgan fingerprint density at radius 3 is 1.83 bits per heavy atom. The van der Waals surface area contributed by atoms with Crippen molar-refractivity contribution < 1.29 is 35.6 Å². The molecule has 0 saturated carbocycles. The number of furan rings is 1. The molecule has 1 heterocycles. The normalized spacial score (nSPS) is 12.3. The molecule has 0 atom stereocenters. The highest BCUT2D eigenvalue weighted by atomic mass is 19.4. The number of carbonyl (C=O) groups is 1. The van der Waals surface area contributed by atoms with Gasteiger partial charge in [0.05, 0.1) is 23.0 Å². The van der Waals surface area contributed by atoms with Crippen LogP contribution in [0, 0.1) is 13.8 Å². The molecular weight excluding hydrogens is 340 g/mol. The highest BCUT2D eigenvalue weighted by Crippen LogP contribution is 2.37. The fourth-order valence-electron chi connectivity index (χ4n) is 2.13. The molecular formula is C15H11F6NO2. The van der Waals surface area contributed by atoms with Crippen molar-refractivity contribution in [1.29, 1.82) is 0 Å². The predicted octanol–water partition coefficient (Wildman–Crippen LogP) is 5.19. The fourth-order valence-corrected chi connectivity index (χ4v) is 2.13. The lowest BCUT2D eigenvalue weighted by Gasteiger charge is -2.14. The molecule has 0 aliphatic heterocycles. The average Bonchev–Trinajstić information content (AvgIpc) is 2.75. The molecule has 130 valence electrons. The summed E-state index contributed by atoms with van der Waals surface area (Å²) in [6.45, 7) is 2.98. The average molecular weight is 351 g/mol. The monoisotopic (exact) mass is 351 g/mol. The number of anilines is 1. The van der Waals surface area contributed by atoms with E-state index < -0.39 is 35.1 Å². The number of alkyl halides is 6. The van der Waals surface area contributed by atoms with Crippen molar-refractivity contribution in [3.63, 3.8) is 0 Å². The molecule has 1 amide bonds. The summed E-state index contributed by atoms with van der Waals surface area (Å²) >= 11 is 0. The Balaban J connectivity index is 2.45. The van der Waals surface area contributed by atoms with Crippen molar-refractivity contribution >= 4 is 11.6 Å². The second-order valence-corrected chi connectivity index (χ2v) is 5.10. The van der Waals surface area contributed by atoms with Gasteiger partial charge < -0.3 is 9.73 Å². The van der Waals surface area contributed by atoms with Gasteiger partial charge in [-0.3, -0.25) is 4.79 Å². The first-order valence-electron chi connectivity index (χ1n) is 6.55. The van der Waals surface area contributed by atoms with E-state index in [4.69, 9.17) is 4.42 Å². The molecule has 0 spiro atoms. The van der Waals surface area contributed by atoms with E-state index in [9.17, 15) is 31.1 Å². The van der Waals surface area contributed by atoms with Crippen molar-refractivity contribution in [1.82, 2.24) is 0 Å². The van der Waals surface area contributed by atoms with Gasteiger partial charge in [0.15, 0.2) is 0 Å². The molecule has 1 aromatic heterocycles. The van der Waals surface area contributed by atoms with Crippen LogP contribution < -0.4 is 5.32 Å². The van der Waals surface area contributed by atoms with E-state index in [1.807, 2.05) is 0 Å². The van der Waals surface area contributed by atoms with E-state index in [1.165, 1.54) is 20.1 Å². The second-order valence-electron chi connectivity index (χ2n) is 5.10. The van der Waals surface area contributed by atoms with Crippen molar-refractivity contribution in [2.75, 3.05) is 5.32 Å². The molecule has 0 unspecified atom stereocenters. The fraction of sp³-hybridized carbons (Fsp3) is 0.267. The molecule has 24 heavy (non-hydrogen) atoms. The Bertz CT molecular complexity index is 721. The molecule has 1 N–H and O–H groups in total. The van der Waals surface area contributed by atoms with Crippen LogP contribution >= 0.6 is 0 Å². The first kappa shape index (κ1) is 17.9. The van der Waals surface area contributed by atoms with Crippen LogP contribution in [0.15, 0.2) is 28.9 Å². The Morgan fingerprint density at radius 1 is 0.958 bits per heavy atom. The molecule has 0 saturated heterocycles. The molecule has 0 aliphatic rings. The van der Waals surface area contributed by atoms with Crippen LogP contribution in [0.3, 0.4) is 0 Å². The van der Waals surface area contributed by atoms with Crippen LogP contribution in [-0.4, -0.2) is 5.91 Å². The third kappa shape index (κ3) is 3.72. The summed E-state index contributed by atoms with van der Waals surface area (Å²) in [5.74, 6) is -0.654. The number of hydrogen-bond donors (Lipinski definition) is 1. The maximum Gasteiger partial charge on any atom is 0.416 e. The van der Waals surface area contributed by atoms with Crippen LogP contribution in [0.2, 0.25) is 0 Å². The third-order valence-electron chi connectivity index (χ3n) is 3.23. The van der Waals surface area contributed by atoms with Crippen LogP contribution in [0.5, 0.6) is 0 Å². The Hall–Kier alpha value is -2.45. The van der Waals surface area contributed by atoms with Gasteiger partial charge in [-0.25, -0.2) is 0 Å². The number of halogens is 6. The van der Waals surface area contributed by atoms with E-state index in [-0.39, 0.29) is 17.4 Å². The molecule has 2 rings (SSSR count). The van der Waals surface area contributed by atoms with Gasteiger partial charge >= 0.3 is 12.4 Å². The number of nitrogens with one attached hydrogen (secondary N) is 1. The lowest BCUT2D eigenvalue weighted by atomic mass is 10.1. The number of hydrogen-bond acceptors (Lipinski definition) is 2. The predicted molar refractivity (Wildman–Crippen MR) is 72.6 cm³/mol. The van der Waals surface area contributed by atoms with Gasteiger partial charge in [0, 0.05) is 11.3 Å². The van der Waals surface area contributed by atoms with Crippen molar-refractivity contribution in [2.45, 2.75) is 26.2 Å². The van der Waals surface area contributed by atoms with Gasteiger partial charge in [0.25, 0.3) is 5.91 Å². The zero-order valence-electron chi connectivity index (χ0n) is 12.4. The van der Waals surface area contributed by atoms with Crippen molar-refractivity contribution in [2.24, 2.45) is 0 Å². The minimum atomic E-state index is -4.98. The van der Waals surface area contributed by atoms with Gasteiger partial charge in [0.2, 0.25) is 0 Å². The number of rotatable bonds is 2. The smallest absolute Gasteiger partial charge is 0.416 e. The molecule has 2 aromatic rings. The standard InChI is InChI=1S/C15H11F6NO2/c1-7-6-24-8(2)12(7)13(23)22-11-4-9(14(16,17)18)3-10(5-11)15(19,20)21/h3-6H,1-2H3,(H,22,23). The van der Waals surface area contributed by atoms with E-state index in [2.05, 4.69) is 5.32 Å². The molecule has 1 aromatic carbocycles. The van der Waals surface area contributed by atoms with Gasteiger partial charge in [0.1, 0.15) is 5.76 Å². The van der Waals surface area contributed by atoms with Gasteiger partial charge in [-0.1, -0.05) is 0 Å². The van der Waals surface area contributed by atoms with E-state index in [1.54, 1.807) is 0 Å². The summed E-state index contributed by atoms with van der Waals surface area (Å²) < 4.78 is 81.7. The summed E-state index contributed by atoms with van der Waals surface area (Å²) in [7, 11) is 0. The van der Waals surface area contributed by atoms with E-state index >= 15 is 0 Å². The molecule has 0 fully saturated rings. The summed E-state index contributed by atoms with van der Waals surface area (Å²) in [4.78, 5) is 12.1. The van der Waals surface area contributed by atoms with Gasteiger partial charge in [-0.05, 0) is 32.0 Å². The Morgan fingerprint density at radius 2 is 1.46 bits per heavy atom. The number of aryl methyl sites for hydroxylation is 2. The number of carbonyl (C=O) groups excluding carboxylic acids is 1. The first-order valence-corrected chi connectivity index (χ1v) is 6.55. The van der Waals surface area contributed by atoms with Crippen LogP contribution in [0.1, 0.15) is 32.8 Å². The van der Waals surface area contributed by atoms with Crippen LogP contribution in [0.4, 0.5) is 32.0 Å².